The minimum Gasteiger partial charge on any atom is -0.449 e. The van der Waals surface area contributed by atoms with Crippen LogP contribution >= 0.6 is 45.2 Å². The van der Waals surface area contributed by atoms with Crippen molar-refractivity contribution < 1.29 is 39.6 Å². The quantitative estimate of drug-likeness (QED) is 0.135. The summed E-state index contributed by atoms with van der Waals surface area (Å²) in [5.74, 6) is 0.413. The fourth-order valence-corrected chi connectivity index (χ4v) is 4.99. The monoisotopic (exact) mass is 770 g/mol. The van der Waals surface area contributed by atoms with E-state index in [4.69, 9.17) is 13.3 Å². The fraction of sp³-hybridized carbons (Fsp3) is 0.154. The normalized spacial score (nSPS) is 12.4. The summed E-state index contributed by atoms with van der Waals surface area (Å²) in [6.07, 6.45) is -9.12. The van der Waals surface area contributed by atoms with Gasteiger partial charge in [0.05, 0.1) is 11.1 Å². The van der Waals surface area contributed by atoms with E-state index in [9.17, 15) is 26.3 Å². The molecule has 13 heteroatoms. The molecule has 5 aromatic rings. The van der Waals surface area contributed by atoms with Crippen molar-refractivity contribution in [1.82, 2.24) is 9.97 Å². The first-order chi connectivity index (χ1) is 18.2. The molecule has 202 valence electrons. The van der Waals surface area contributed by atoms with Crippen LogP contribution < -0.4 is 0 Å². The van der Waals surface area contributed by atoms with E-state index in [0.717, 1.165) is 24.3 Å². The summed E-state index contributed by atoms with van der Waals surface area (Å²) in [6.45, 7) is 3.08. The van der Waals surface area contributed by atoms with E-state index in [1.54, 1.807) is 57.3 Å². The highest BCUT2D eigenvalue weighted by Crippen LogP contribution is 2.42. The average Bonchev–Trinajstić information content (AvgIpc) is 3.55. The minimum absolute atomic E-state index is 0.0787. The number of rotatable bonds is 4. The van der Waals surface area contributed by atoms with Gasteiger partial charge in [0, 0.05) is 56.3 Å². The third-order valence-electron chi connectivity index (χ3n) is 5.61. The summed E-state index contributed by atoms with van der Waals surface area (Å²) >= 11 is 3.59. The molecule has 0 saturated heterocycles. The first-order valence-electron chi connectivity index (χ1n) is 11.0. The van der Waals surface area contributed by atoms with E-state index >= 15 is 0 Å². The summed E-state index contributed by atoms with van der Waals surface area (Å²) in [4.78, 5) is 8.53. The van der Waals surface area contributed by atoms with Gasteiger partial charge in [0.25, 0.3) is 7.79 Å². The predicted molar refractivity (Wildman–Crippen MR) is 145 cm³/mol. The highest BCUT2D eigenvalue weighted by Gasteiger charge is 2.33. The Balaban J connectivity index is 1.59. The summed E-state index contributed by atoms with van der Waals surface area (Å²) in [5, 5.41) is 0. The molecule has 5 nitrogen and oxygen atoms in total. The SMILES string of the molecule is Cc1cc(-c2nc(I)oc2-c2ccc(-c3oc(I)nc3-c3cc(C)cc(C(F)(F)F)c3)o2)cc(C(F)(F)F)c1. The maximum absolute atomic E-state index is 13.4. The average molecular weight is 770 g/mol. The third-order valence-corrected chi connectivity index (χ3v) is 6.53. The molecular formula is C26H14F6I2N2O3. The van der Waals surface area contributed by atoms with Crippen LogP contribution in [0.25, 0.3) is 45.6 Å². The van der Waals surface area contributed by atoms with Gasteiger partial charge in [0.15, 0.2) is 23.0 Å². The Kier molecular flexibility index (Phi) is 7.10. The lowest BCUT2D eigenvalue weighted by molar-refractivity contribution is -0.138. The van der Waals surface area contributed by atoms with Crippen molar-refractivity contribution in [2.75, 3.05) is 0 Å². The molecule has 0 fully saturated rings. The zero-order valence-electron chi connectivity index (χ0n) is 19.8. The molecule has 0 atom stereocenters. The summed E-state index contributed by atoms with van der Waals surface area (Å²) < 4.78 is 98.3. The van der Waals surface area contributed by atoms with Gasteiger partial charge in [0.1, 0.15) is 11.4 Å². The number of furan rings is 1. The molecule has 2 aromatic carbocycles. The van der Waals surface area contributed by atoms with E-state index in [2.05, 4.69) is 9.97 Å². The molecule has 0 bridgehead atoms. The van der Waals surface area contributed by atoms with Crippen LogP contribution in [0.2, 0.25) is 0 Å². The molecule has 0 spiro atoms. The van der Waals surface area contributed by atoms with E-state index in [1.165, 1.54) is 26.0 Å². The van der Waals surface area contributed by atoms with Gasteiger partial charge in [-0.15, -0.1) is 0 Å². The molecule has 0 aliphatic carbocycles. The Morgan fingerprint density at radius 1 is 0.590 bits per heavy atom. The van der Waals surface area contributed by atoms with Crippen LogP contribution in [-0.2, 0) is 12.4 Å². The summed E-state index contributed by atoms with van der Waals surface area (Å²) in [7, 11) is 0. The standard InChI is InChI=1S/C26H14F6I2N2O3/c1-11-5-13(9-15(7-11)25(27,28)29)19-21(38-23(33)35-19)17-3-4-18(37-17)22-20(36-24(34)39-22)14-6-12(2)8-16(10-14)26(30,31)32/h3-10H,1-2H3. The van der Waals surface area contributed by atoms with Gasteiger partial charge in [-0.1, -0.05) is 0 Å². The van der Waals surface area contributed by atoms with Crippen LogP contribution in [0.4, 0.5) is 26.3 Å². The molecular weight excluding hydrogens is 756 g/mol. The zero-order valence-corrected chi connectivity index (χ0v) is 24.1. The fourth-order valence-electron chi connectivity index (χ4n) is 4.06. The lowest BCUT2D eigenvalue weighted by Gasteiger charge is -2.10. The van der Waals surface area contributed by atoms with Crippen LogP contribution in [0.15, 0.2) is 61.8 Å². The molecule has 0 amide bonds. The van der Waals surface area contributed by atoms with Crippen molar-refractivity contribution in [3.05, 3.63) is 78.6 Å². The van der Waals surface area contributed by atoms with Crippen molar-refractivity contribution >= 4 is 45.2 Å². The maximum Gasteiger partial charge on any atom is 0.416 e. The van der Waals surface area contributed by atoms with E-state index < -0.39 is 23.5 Å². The molecule has 0 unspecified atom stereocenters. The number of alkyl halides is 6. The Bertz CT molecular complexity index is 1580. The Morgan fingerprint density at radius 3 is 1.33 bits per heavy atom. The number of oxazole rings is 2. The Morgan fingerprint density at radius 2 is 0.974 bits per heavy atom. The number of benzene rings is 2. The first kappa shape index (κ1) is 27.7. The second-order valence-electron chi connectivity index (χ2n) is 8.62. The second kappa shape index (κ2) is 9.98. The van der Waals surface area contributed by atoms with Gasteiger partial charge < -0.3 is 13.3 Å². The van der Waals surface area contributed by atoms with Crippen LogP contribution in [0, 0.1) is 21.6 Å². The lowest BCUT2D eigenvalue weighted by Crippen LogP contribution is -2.05. The number of nitrogens with zero attached hydrogens (tertiary/aromatic N) is 2. The molecule has 0 aliphatic rings. The van der Waals surface area contributed by atoms with Crippen LogP contribution in [0.3, 0.4) is 0 Å². The van der Waals surface area contributed by atoms with Gasteiger partial charge in [-0.3, -0.25) is 0 Å². The number of hydrogen-bond donors (Lipinski definition) is 0. The van der Waals surface area contributed by atoms with Crippen LogP contribution in [0.1, 0.15) is 22.3 Å². The van der Waals surface area contributed by atoms with E-state index in [1.807, 2.05) is 0 Å². The van der Waals surface area contributed by atoms with Crippen molar-refractivity contribution in [1.29, 1.82) is 0 Å². The van der Waals surface area contributed by atoms with Gasteiger partial charge in [-0.05, 0) is 73.5 Å². The van der Waals surface area contributed by atoms with Crippen molar-refractivity contribution in [3.63, 3.8) is 0 Å². The number of halogens is 8. The topological polar surface area (TPSA) is 65.2 Å². The highest BCUT2D eigenvalue weighted by molar-refractivity contribution is 14.1. The lowest BCUT2D eigenvalue weighted by atomic mass is 10.0. The Hall–Kier alpha value is -2.82. The van der Waals surface area contributed by atoms with Gasteiger partial charge in [0.2, 0.25) is 0 Å². The predicted octanol–water partition coefficient (Wildman–Crippen LogP) is 9.79. The largest absolute Gasteiger partial charge is 0.449 e. The van der Waals surface area contributed by atoms with Gasteiger partial charge >= 0.3 is 12.4 Å². The van der Waals surface area contributed by atoms with E-state index in [0.29, 0.717) is 11.1 Å². The van der Waals surface area contributed by atoms with Crippen molar-refractivity contribution in [2.24, 2.45) is 0 Å². The van der Waals surface area contributed by atoms with Crippen molar-refractivity contribution in [3.8, 4) is 45.6 Å². The molecule has 3 heterocycles. The Labute approximate surface area is 243 Å². The molecule has 3 aromatic heterocycles. The highest BCUT2D eigenvalue weighted by atomic mass is 127. The third kappa shape index (κ3) is 5.73. The van der Waals surface area contributed by atoms with Gasteiger partial charge in [-0.2, -0.15) is 26.3 Å². The zero-order chi connectivity index (χ0) is 28.3. The number of aromatic nitrogens is 2. The molecule has 39 heavy (non-hydrogen) atoms. The smallest absolute Gasteiger partial charge is 0.416 e. The number of aryl methyl sites for hydroxylation is 2. The second-order valence-corrected chi connectivity index (χ2v) is 10.5. The molecule has 5 rings (SSSR count). The van der Waals surface area contributed by atoms with Crippen LogP contribution in [0.5, 0.6) is 0 Å². The maximum atomic E-state index is 13.4. The molecule has 0 saturated carbocycles. The van der Waals surface area contributed by atoms with Crippen LogP contribution in [-0.4, -0.2) is 9.97 Å². The van der Waals surface area contributed by atoms with Crippen molar-refractivity contribution in [2.45, 2.75) is 26.2 Å². The molecule has 0 radical (unpaired) electrons. The molecule has 0 N–H and O–H groups in total. The summed E-state index contributed by atoms with van der Waals surface area (Å²) in [6, 6.07) is 10.1. The van der Waals surface area contributed by atoms with Gasteiger partial charge in [-0.25, -0.2) is 9.97 Å². The molecule has 0 aliphatic heterocycles. The summed E-state index contributed by atoms with van der Waals surface area (Å²) in [5.41, 5.74) is -0.293. The van der Waals surface area contributed by atoms with E-state index in [-0.39, 0.29) is 53.4 Å². The minimum atomic E-state index is -4.56. The number of hydrogen-bond acceptors (Lipinski definition) is 5. The first-order valence-corrected chi connectivity index (χ1v) is 13.2.